The molecule has 0 spiro atoms. The first kappa shape index (κ1) is 37.8. The first-order chi connectivity index (χ1) is 26.2. The molecule has 3 aliphatic carbocycles. The summed E-state index contributed by atoms with van der Waals surface area (Å²) in [5.41, 5.74) is 0.846. The van der Waals surface area contributed by atoms with Crippen LogP contribution in [0.2, 0.25) is 10.0 Å². The van der Waals surface area contributed by atoms with Crippen LogP contribution in [0.5, 0.6) is 11.5 Å². The third-order valence-corrected chi connectivity index (χ3v) is 13.1. The standard InChI is InChI=1S/C39H34BrCl2F3N4O6/c1-55-29-15-20(40)14-26(32(29)50)31-23-11-12-24-30(36(53)48(34(24)51)22-5-3-2-4-6-22)25(23)16-27-35(52)49(37(54)38(27,31)18-7-9-21(41)10-8-18)47-33-28(42)13-19(17-46-33)39(43,44)45/h7-11,13-15,17,22,24-25,27,30-31,50H,2-6,12,16H2,1H3,(H,46,47)/t24-,25+,27-,30-,31+,38+/m0/s1. The number of methoxy groups -OCH3 is 1. The number of imide groups is 2. The Bertz CT molecular complexity index is 2160. The molecule has 10 nitrogen and oxygen atoms in total. The first-order valence-corrected chi connectivity index (χ1v) is 19.5. The van der Waals surface area contributed by atoms with E-state index in [9.17, 15) is 32.7 Å². The van der Waals surface area contributed by atoms with Crippen LogP contribution in [-0.2, 0) is 30.8 Å². The number of amides is 4. The van der Waals surface area contributed by atoms with Gasteiger partial charge in [-0.15, -0.1) is 0 Å². The van der Waals surface area contributed by atoms with E-state index in [1.807, 2.05) is 6.08 Å². The topological polar surface area (TPSA) is 129 Å². The van der Waals surface area contributed by atoms with Crippen molar-refractivity contribution in [1.82, 2.24) is 14.9 Å². The number of aromatic hydroxyl groups is 1. The molecule has 1 aromatic heterocycles. The lowest BCUT2D eigenvalue weighted by Gasteiger charge is -2.50. The summed E-state index contributed by atoms with van der Waals surface area (Å²) < 4.78 is 46.5. The average Bonchev–Trinajstić information content (AvgIpc) is 3.54. The maximum absolute atomic E-state index is 15.4. The van der Waals surface area contributed by atoms with E-state index in [-0.39, 0.29) is 53.6 Å². The molecule has 16 heteroatoms. The number of pyridine rings is 1. The minimum absolute atomic E-state index is 0.0352. The number of likely N-dealkylation sites (tertiary alicyclic amines) is 1. The molecular weight excluding hydrogens is 828 g/mol. The quantitative estimate of drug-likeness (QED) is 0.188. The minimum atomic E-state index is -4.75. The second-order valence-corrected chi connectivity index (χ2v) is 16.6. The molecule has 2 N–H and O–H groups in total. The highest BCUT2D eigenvalue weighted by Crippen LogP contribution is 2.65. The summed E-state index contributed by atoms with van der Waals surface area (Å²) in [5, 5.41) is 12.5. The van der Waals surface area contributed by atoms with Crippen molar-refractivity contribution >= 4 is 68.6 Å². The van der Waals surface area contributed by atoms with E-state index in [0.717, 1.165) is 19.3 Å². The van der Waals surface area contributed by atoms with Crippen LogP contribution in [0.15, 0.2) is 64.8 Å². The lowest BCUT2D eigenvalue weighted by atomic mass is 9.49. The van der Waals surface area contributed by atoms with Crippen LogP contribution >= 0.6 is 39.1 Å². The summed E-state index contributed by atoms with van der Waals surface area (Å²) in [4.78, 5) is 64.2. The number of hydrogen-bond donors (Lipinski definition) is 2. The van der Waals surface area contributed by atoms with E-state index in [2.05, 4.69) is 26.3 Å². The molecule has 2 aliphatic heterocycles. The molecule has 0 unspecified atom stereocenters. The lowest BCUT2D eigenvalue weighted by Crippen LogP contribution is -2.53. The highest BCUT2D eigenvalue weighted by Gasteiger charge is 2.71. The Morgan fingerprint density at radius 2 is 1.69 bits per heavy atom. The highest BCUT2D eigenvalue weighted by atomic mass is 79.9. The number of fused-ring (bicyclic) bond motifs is 4. The van der Waals surface area contributed by atoms with E-state index < -0.39 is 63.6 Å². The van der Waals surface area contributed by atoms with Crippen molar-refractivity contribution in [3.05, 3.63) is 91.5 Å². The van der Waals surface area contributed by atoms with E-state index in [0.29, 0.717) is 50.7 Å². The van der Waals surface area contributed by atoms with Crippen molar-refractivity contribution in [2.24, 2.45) is 23.7 Å². The Morgan fingerprint density at radius 1 is 0.982 bits per heavy atom. The number of carbonyl (C=O) groups excluding carboxylic acids is 4. The van der Waals surface area contributed by atoms with Crippen LogP contribution in [0.3, 0.4) is 0 Å². The van der Waals surface area contributed by atoms with Crippen LogP contribution < -0.4 is 10.2 Å². The van der Waals surface area contributed by atoms with E-state index >= 15 is 4.79 Å². The number of hydrogen-bond acceptors (Lipinski definition) is 8. The van der Waals surface area contributed by atoms with E-state index in [1.54, 1.807) is 36.4 Å². The number of alkyl halides is 3. The maximum atomic E-state index is 15.4. The van der Waals surface area contributed by atoms with Gasteiger partial charge in [-0.2, -0.15) is 18.2 Å². The molecule has 4 fully saturated rings. The SMILES string of the molecule is COc1cc(Br)cc([C@H]2C3=CC[C@@H]4C(=O)N(C5CCCCC5)C(=O)[C@@H]4[C@@H]3C[C@H]3C(=O)N(Nc4ncc(C(F)(F)F)cc4Cl)C(=O)[C@@]23c2ccc(Cl)cc2)c1O. The number of carbonyl (C=O) groups is 4. The Balaban J connectivity index is 1.33. The predicted molar refractivity (Wildman–Crippen MR) is 198 cm³/mol. The molecule has 4 amide bonds. The second kappa shape index (κ2) is 13.8. The number of phenols is 1. The van der Waals surface area contributed by atoms with E-state index in [1.165, 1.54) is 12.0 Å². The van der Waals surface area contributed by atoms with Gasteiger partial charge in [0.2, 0.25) is 11.8 Å². The first-order valence-electron chi connectivity index (χ1n) is 18.0. The molecule has 6 atom stereocenters. The molecule has 8 rings (SSSR count). The van der Waals surface area contributed by atoms with Crippen LogP contribution in [0.25, 0.3) is 0 Å². The van der Waals surface area contributed by atoms with Gasteiger partial charge in [-0.25, -0.2) is 4.98 Å². The van der Waals surface area contributed by atoms with Crippen molar-refractivity contribution in [1.29, 1.82) is 0 Å². The third kappa shape index (κ3) is 5.84. The number of halogens is 6. The van der Waals surface area contributed by atoms with Gasteiger partial charge < -0.3 is 9.84 Å². The number of ether oxygens (including phenoxy) is 1. The lowest BCUT2D eigenvalue weighted by molar-refractivity contribution is -0.144. The Hall–Kier alpha value is -4.14. The number of hydrazine groups is 1. The van der Waals surface area contributed by atoms with E-state index in [4.69, 9.17) is 27.9 Å². The fraction of sp³-hybridized carbons (Fsp3) is 0.410. The summed E-state index contributed by atoms with van der Waals surface area (Å²) >= 11 is 16.1. The van der Waals surface area contributed by atoms with Gasteiger partial charge in [0.25, 0.3) is 11.8 Å². The summed E-state index contributed by atoms with van der Waals surface area (Å²) in [6, 6.07) is 9.98. The Morgan fingerprint density at radius 3 is 2.35 bits per heavy atom. The zero-order chi connectivity index (χ0) is 39.1. The molecule has 2 saturated heterocycles. The number of nitrogens with zero attached hydrogens (tertiary/aromatic N) is 3. The number of nitrogens with one attached hydrogen (secondary N) is 1. The smallest absolute Gasteiger partial charge is 0.417 e. The fourth-order valence-electron chi connectivity index (χ4n) is 9.82. The van der Waals surface area contributed by atoms with Gasteiger partial charge in [0.15, 0.2) is 17.3 Å². The second-order valence-electron chi connectivity index (χ2n) is 14.8. The average molecular weight is 863 g/mol. The molecule has 5 aliphatic rings. The molecule has 288 valence electrons. The summed E-state index contributed by atoms with van der Waals surface area (Å²) in [6.45, 7) is 0. The van der Waals surface area contributed by atoms with Gasteiger partial charge in [0, 0.05) is 33.2 Å². The highest BCUT2D eigenvalue weighted by molar-refractivity contribution is 9.10. The normalized spacial score (nSPS) is 28.2. The van der Waals surface area contributed by atoms with Crippen LogP contribution in [0.4, 0.5) is 19.0 Å². The summed E-state index contributed by atoms with van der Waals surface area (Å²) in [7, 11) is 1.37. The van der Waals surface area contributed by atoms with Gasteiger partial charge in [-0.3, -0.25) is 29.5 Å². The largest absolute Gasteiger partial charge is 0.504 e. The van der Waals surface area contributed by atoms with Crippen molar-refractivity contribution < 1.29 is 42.2 Å². The Kier molecular flexibility index (Phi) is 9.48. The van der Waals surface area contributed by atoms with Crippen molar-refractivity contribution in [2.75, 3.05) is 12.5 Å². The van der Waals surface area contributed by atoms with Crippen LogP contribution in [0.1, 0.15) is 67.6 Å². The minimum Gasteiger partial charge on any atom is -0.504 e. The molecule has 3 heterocycles. The molecule has 2 aromatic carbocycles. The number of anilines is 1. The summed E-state index contributed by atoms with van der Waals surface area (Å²) in [6.07, 6.45) is 2.07. The van der Waals surface area contributed by atoms with Crippen LogP contribution in [-0.4, -0.2) is 56.8 Å². The fourth-order valence-corrected chi connectivity index (χ4v) is 10.6. The van der Waals surface area contributed by atoms with Gasteiger partial charge in [0.1, 0.15) is 0 Å². The zero-order valence-electron chi connectivity index (χ0n) is 29.2. The van der Waals surface area contributed by atoms with Crippen molar-refractivity contribution in [2.45, 2.75) is 68.5 Å². The Labute approximate surface area is 332 Å². The van der Waals surface area contributed by atoms with Gasteiger partial charge in [-0.1, -0.05) is 82.2 Å². The predicted octanol–water partition coefficient (Wildman–Crippen LogP) is 8.20. The molecule has 55 heavy (non-hydrogen) atoms. The van der Waals surface area contributed by atoms with Crippen molar-refractivity contribution in [3.8, 4) is 11.5 Å². The zero-order valence-corrected chi connectivity index (χ0v) is 32.3. The van der Waals surface area contributed by atoms with Gasteiger partial charge in [-0.05, 0) is 67.5 Å². The third-order valence-electron chi connectivity index (χ3n) is 12.1. The molecular formula is C39H34BrCl2F3N4O6. The molecule has 2 saturated carbocycles. The number of aromatic nitrogens is 1. The number of allylic oxidation sites excluding steroid dienone is 2. The number of benzene rings is 2. The summed E-state index contributed by atoms with van der Waals surface area (Å²) in [5.74, 6) is -7.24. The molecule has 3 aromatic rings. The number of phenolic OH excluding ortho intramolecular Hbond substituents is 1. The number of rotatable bonds is 6. The van der Waals surface area contributed by atoms with Crippen molar-refractivity contribution in [3.63, 3.8) is 0 Å². The maximum Gasteiger partial charge on any atom is 0.417 e. The monoisotopic (exact) mass is 860 g/mol. The van der Waals surface area contributed by atoms with Gasteiger partial charge >= 0.3 is 6.18 Å². The molecule has 0 radical (unpaired) electrons. The van der Waals surface area contributed by atoms with Crippen LogP contribution in [0, 0.1) is 23.7 Å². The molecule has 0 bridgehead atoms. The van der Waals surface area contributed by atoms with Gasteiger partial charge in [0.05, 0.1) is 40.9 Å².